The number of fused-ring (bicyclic) bond motifs is 1. The average Bonchev–Trinajstić information content (AvgIpc) is 2.85. The van der Waals surface area contributed by atoms with Crippen LogP contribution in [0.2, 0.25) is 0 Å². The van der Waals surface area contributed by atoms with Gasteiger partial charge in [0.15, 0.2) is 0 Å². The molecule has 0 radical (unpaired) electrons. The Morgan fingerprint density at radius 3 is 2.86 bits per heavy atom. The lowest BCUT2D eigenvalue weighted by Crippen LogP contribution is -2.42. The van der Waals surface area contributed by atoms with Crippen LogP contribution < -0.4 is 0 Å². The predicted molar refractivity (Wildman–Crippen MR) is 78.3 cm³/mol. The minimum atomic E-state index is -0.806. The third-order valence-corrected chi connectivity index (χ3v) is 4.98. The molecule has 4 heteroatoms. The van der Waals surface area contributed by atoms with Gasteiger partial charge >= 0.3 is 0 Å². The topological polar surface area (TPSA) is 40.5 Å². The fraction of sp³-hybridized carbons (Fsp3) is 0.588. The van der Waals surface area contributed by atoms with Crippen LogP contribution in [0.5, 0.6) is 0 Å². The largest absolute Gasteiger partial charge is 0.389 e. The molecular formula is C17H22FNO2. The maximum absolute atomic E-state index is 13.3. The molecule has 0 aromatic heterocycles. The van der Waals surface area contributed by atoms with Crippen molar-refractivity contribution in [3.8, 4) is 0 Å². The van der Waals surface area contributed by atoms with Crippen molar-refractivity contribution >= 4 is 5.91 Å². The number of carbonyl (C=O) groups is 1. The summed E-state index contributed by atoms with van der Waals surface area (Å²) in [7, 11) is 0. The van der Waals surface area contributed by atoms with Gasteiger partial charge < -0.3 is 10.0 Å². The first kappa shape index (κ1) is 14.5. The molecule has 1 aliphatic heterocycles. The Bertz CT molecular complexity index is 552. The second-order valence-corrected chi connectivity index (χ2v) is 6.46. The van der Waals surface area contributed by atoms with Crippen molar-refractivity contribution in [2.45, 2.75) is 57.1 Å². The van der Waals surface area contributed by atoms with Crippen LogP contribution in [0.1, 0.15) is 56.2 Å². The van der Waals surface area contributed by atoms with E-state index in [1.807, 2.05) is 11.8 Å². The molecule has 1 heterocycles. The van der Waals surface area contributed by atoms with Crippen LogP contribution in [0, 0.1) is 5.82 Å². The highest BCUT2D eigenvalue weighted by molar-refractivity contribution is 5.78. The van der Waals surface area contributed by atoms with Gasteiger partial charge in [-0.2, -0.15) is 0 Å². The van der Waals surface area contributed by atoms with Crippen LogP contribution in [0.3, 0.4) is 0 Å². The van der Waals surface area contributed by atoms with E-state index in [0.29, 0.717) is 13.0 Å². The summed E-state index contributed by atoms with van der Waals surface area (Å²) < 4.78 is 13.3. The van der Waals surface area contributed by atoms with Gasteiger partial charge in [0.25, 0.3) is 0 Å². The summed E-state index contributed by atoms with van der Waals surface area (Å²) in [5, 5.41) is 10.4. The van der Waals surface area contributed by atoms with E-state index in [1.165, 1.54) is 6.07 Å². The summed E-state index contributed by atoms with van der Waals surface area (Å²) in [6.45, 7) is 2.58. The normalized spacial score (nSPS) is 24.0. The molecule has 1 unspecified atom stereocenters. The molecule has 1 saturated carbocycles. The van der Waals surface area contributed by atoms with Crippen molar-refractivity contribution < 1.29 is 14.3 Å². The van der Waals surface area contributed by atoms with Crippen molar-refractivity contribution in [1.82, 2.24) is 4.90 Å². The van der Waals surface area contributed by atoms with Gasteiger partial charge in [-0.25, -0.2) is 4.39 Å². The van der Waals surface area contributed by atoms with Crippen molar-refractivity contribution in [3.63, 3.8) is 0 Å². The van der Waals surface area contributed by atoms with E-state index in [4.69, 9.17) is 0 Å². The Labute approximate surface area is 124 Å². The molecule has 1 N–H and O–H groups in total. The molecule has 1 amide bonds. The number of carbonyl (C=O) groups excluding carboxylic acids is 1. The van der Waals surface area contributed by atoms with Crippen molar-refractivity contribution in [2.75, 3.05) is 6.54 Å². The first-order chi connectivity index (χ1) is 9.98. The fourth-order valence-corrected chi connectivity index (χ4v) is 3.73. The zero-order valence-corrected chi connectivity index (χ0v) is 12.4. The predicted octanol–water partition coefficient (Wildman–Crippen LogP) is 2.97. The zero-order chi connectivity index (χ0) is 15.0. The van der Waals surface area contributed by atoms with E-state index in [-0.39, 0.29) is 24.2 Å². The Kier molecular flexibility index (Phi) is 3.74. The number of hydrogen-bond donors (Lipinski definition) is 1. The van der Waals surface area contributed by atoms with Gasteiger partial charge in [0.2, 0.25) is 5.91 Å². The average molecular weight is 291 g/mol. The van der Waals surface area contributed by atoms with Crippen molar-refractivity contribution in [1.29, 1.82) is 0 Å². The first-order valence-corrected chi connectivity index (χ1v) is 7.79. The molecule has 0 saturated heterocycles. The van der Waals surface area contributed by atoms with Gasteiger partial charge in [-0.15, -0.1) is 0 Å². The zero-order valence-electron chi connectivity index (χ0n) is 12.4. The number of halogens is 1. The van der Waals surface area contributed by atoms with E-state index in [1.54, 1.807) is 12.1 Å². The lowest BCUT2D eigenvalue weighted by molar-refractivity contribution is -0.138. The molecule has 0 bridgehead atoms. The van der Waals surface area contributed by atoms with Gasteiger partial charge in [0.1, 0.15) is 5.82 Å². The lowest BCUT2D eigenvalue weighted by Gasteiger charge is -2.37. The van der Waals surface area contributed by atoms with Crippen LogP contribution in [-0.2, 0) is 11.2 Å². The molecule has 2 aliphatic rings. The fourth-order valence-electron chi connectivity index (χ4n) is 3.73. The summed E-state index contributed by atoms with van der Waals surface area (Å²) in [5.41, 5.74) is 1.21. The number of rotatable bonds is 2. The minimum absolute atomic E-state index is 0.0156. The number of nitrogens with zero attached hydrogens (tertiary/aromatic N) is 1. The molecule has 1 fully saturated rings. The van der Waals surface area contributed by atoms with Gasteiger partial charge in [-0.1, -0.05) is 18.9 Å². The van der Waals surface area contributed by atoms with Crippen LogP contribution in [0.25, 0.3) is 0 Å². The molecule has 3 rings (SSSR count). The van der Waals surface area contributed by atoms with Gasteiger partial charge in [-0.05, 0) is 49.4 Å². The second kappa shape index (κ2) is 5.41. The van der Waals surface area contributed by atoms with Gasteiger partial charge in [-0.3, -0.25) is 4.79 Å². The Balaban J connectivity index is 1.75. The van der Waals surface area contributed by atoms with E-state index in [0.717, 1.165) is 36.8 Å². The van der Waals surface area contributed by atoms with Gasteiger partial charge in [0, 0.05) is 6.54 Å². The molecule has 21 heavy (non-hydrogen) atoms. The van der Waals surface area contributed by atoms with Gasteiger partial charge in [0.05, 0.1) is 18.1 Å². The van der Waals surface area contributed by atoms with E-state index in [2.05, 4.69) is 0 Å². The van der Waals surface area contributed by atoms with Crippen molar-refractivity contribution in [2.24, 2.45) is 0 Å². The second-order valence-electron chi connectivity index (χ2n) is 6.46. The van der Waals surface area contributed by atoms with Crippen LogP contribution >= 0.6 is 0 Å². The molecular weight excluding hydrogens is 269 g/mol. The van der Waals surface area contributed by atoms with Crippen LogP contribution in [0.15, 0.2) is 18.2 Å². The van der Waals surface area contributed by atoms with E-state index < -0.39 is 5.60 Å². The summed E-state index contributed by atoms with van der Waals surface area (Å²) >= 11 is 0. The monoisotopic (exact) mass is 291 g/mol. The molecule has 0 spiro atoms. The summed E-state index contributed by atoms with van der Waals surface area (Å²) in [6, 6.07) is 4.75. The summed E-state index contributed by atoms with van der Waals surface area (Å²) in [4.78, 5) is 14.4. The minimum Gasteiger partial charge on any atom is -0.389 e. The smallest absolute Gasteiger partial charge is 0.225 e. The maximum Gasteiger partial charge on any atom is 0.225 e. The number of amides is 1. The Morgan fingerprint density at radius 1 is 1.43 bits per heavy atom. The number of hydrogen-bond acceptors (Lipinski definition) is 2. The third kappa shape index (κ3) is 2.82. The quantitative estimate of drug-likeness (QED) is 0.910. The molecule has 3 nitrogen and oxygen atoms in total. The third-order valence-electron chi connectivity index (χ3n) is 4.98. The molecule has 1 atom stereocenters. The van der Waals surface area contributed by atoms with E-state index >= 15 is 0 Å². The lowest BCUT2D eigenvalue weighted by atomic mass is 9.91. The SMILES string of the molecule is CC1c2ccc(F)cc2CCN1C(=O)CC1(O)CCCC1. The number of aliphatic hydroxyl groups is 1. The van der Waals surface area contributed by atoms with E-state index in [9.17, 15) is 14.3 Å². The first-order valence-electron chi connectivity index (χ1n) is 7.79. The molecule has 1 aromatic rings. The molecule has 1 aromatic carbocycles. The number of benzene rings is 1. The Hall–Kier alpha value is -1.42. The van der Waals surface area contributed by atoms with Crippen molar-refractivity contribution in [3.05, 3.63) is 35.1 Å². The van der Waals surface area contributed by atoms with Crippen LogP contribution in [0.4, 0.5) is 4.39 Å². The standard InChI is InChI=1S/C17H22FNO2/c1-12-15-5-4-14(18)10-13(15)6-9-19(12)16(20)11-17(21)7-2-3-8-17/h4-5,10,12,21H,2-3,6-9,11H2,1H3. The van der Waals surface area contributed by atoms with Crippen LogP contribution in [-0.4, -0.2) is 28.1 Å². The summed E-state index contributed by atoms with van der Waals surface area (Å²) in [5.74, 6) is -0.206. The highest BCUT2D eigenvalue weighted by Gasteiger charge is 2.37. The summed E-state index contributed by atoms with van der Waals surface area (Å²) in [6.07, 6.45) is 4.35. The maximum atomic E-state index is 13.3. The molecule has 1 aliphatic carbocycles. The highest BCUT2D eigenvalue weighted by Crippen LogP contribution is 2.35. The molecule has 114 valence electrons. The Morgan fingerprint density at radius 2 is 2.14 bits per heavy atom. The highest BCUT2D eigenvalue weighted by atomic mass is 19.1.